The Morgan fingerprint density at radius 3 is 1.56 bits per heavy atom. The van der Waals surface area contributed by atoms with E-state index >= 15 is 0 Å². The molecule has 1 aromatic carbocycles. The molecule has 0 aromatic heterocycles. The number of aliphatic hydroxyl groups excluding tert-OH is 2. The van der Waals surface area contributed by atoms with Crippen LogP contribution in [0.2, 0.25) is 0 Å². The number of cyclic esters (lactones) is 4. The smallest absolute Gasteiger partial charge is 0.346 e. The number of rotatable bonds is 4. The van der Waals surface area contributed by atoms with Crippen molar-refractivity contribution < 1.29 is 38.9 Å². The molecule has 1 saturated heterocycles. The van der Waals surface area contributed by atoms with Gasteiger partial charge in [0.15, 0.2) is 0 Å². The second kappa shape index (κ2) is 11.2. The molecule has 0 spiro atoms. The summed E-state index contributed by atoms with van der Waals surface area (Å²) < 4.78 is 8.44. The van der Waals surface area contributed by atoms with Gasteiger partial charge < -0.3 is 25.0 Å². The van der Waals surface area contributed by atoms with E-state index in [4.69, 9.17) is 10.2 Å². The molecule has 0 aliphatic carbocycles. The highest BCUT2D eigenvalue weighted by atomic mass is 16.6. The van der Waals surface area contributed by atoms with Gasteiger partial charge in [-0.3, -0.25) is 9.59 Å². The van der Waals surface area contributed by atoms with E-state index in [2.05, 4.69) is 14.8 Å². The summed E-state index contributed by atoms with van der Waals surface area (Å²) in [5.41, 5.74) is 0.718. The van der Waals surface area contributed by atoms with Crippen LogP contribution in [0.5, 0.6) is 0 Å². The summed E-state index contributed by atoms with van der Waals surface area (Å²) in [7, 11) is 0. The molecule has 0 amide bonds. The van der Waals surface area contributed by atoms with Gasteiger partial charge in [-0.25, -0.2) is 9.59 Å². The SMILES string of the molecule is CC(O)CNCC(C)O.O=C1CCC(=O)O1.O=C1OC(=O)c2ccccc21. The maximum Gasteiger partial charge on any atom is 0.346 e. The number of carbonyl (C=O) groups excluding carboxylic acids is 4. The number of carbonyl (C=O) groups is 4. The Bertz CT molecular complexity index is 629. The maximum absolute atomic E-state index is 10.8. The first-order valence-corrected chi connectivity index (χ1v) is 8.36. The predicted octanol–water partition coefficient (Wildman–Crippen LogP) is 0.185. The minimum atomic E-state index is -0.550. The zero-order valence-corrected chi connectivity index (χ0v) is 15.1. The molecule has 9 heteroatoms. The lowest BCUT2D eigenvalue weighted by molar-refractivity contribution is -0.151. The number of fused-ring (bicyclic) bond motifs is 1. The number of benzene rings is 1. The first-order valence-electron chi connectivity index (χ1n) is 8.36. The van der Waals surface area contributed by atoms with Crippen molar-refractivity contribution in [2.45, 2.75) is 38.9 Å². The Morgan fingerprint density at radius 1 is 0.852 bits per heavy atom. The van der Waals surface area contributed by atoms with Gasteiger partial charge in [-0.15, -0.1) is 0 Å². The van der Waals surface area contributed by atoms with Crippen molar-refractivity contribution in [3.8, 4) is 0 Å². The molecule has 2 aliphatic heterocycles. The van der Waals surface area contributed by atoms with E-state index < -0.39 is 23.9 Å². The molecular formula is C18H23NO8. The zero-order valence-electron chi connectivity index (χ0n) is 15.1. The lowest BCUT2D eigenvalue weighted by Gasteiger charge is -2.07. The van der Waals surface area contributed by atoms with Crippen LogP contribution in [0.15, 0.2) is 24.3 Å². The highest BCUT2D eigenvalue weighted by Crippen LogP contribution is 2.18. The Hall–Kier alpha value is -2.62. The van der Waals surface area contributed by atoms with Gasteiger partial charge in [-0.05, 0) is 26.0 Å². The highest BCUT2D eigenvalue weighted by Gasteiger charge is 2.28. The Kier molecular flexibility index (Phi) is 9.27. The monoisotopic (exact) mass is 381 g/mol. The third-order valence-electron chi connectivity index (χ3n) is 3.19. The molecule has 3 rings (SSSR count). The van der Waals surface area contributed by atoms with E-state index in [1.165, 1.54) is 0 Å². The number of esters is 4. The van der Waals surface area contributed by atoms with Crippen molar-refractivity contribution in [2.24, 2.45) is 0 Å². The predicted molar refractivity (Wildman–Crippen MR) is 92.8 cm³/mol. The van der Waals surface area contributed by atoms with Gasteiger partial charge in [-0.2, -0.15) is 0 Å². The van der Waals surface area contributed by atoms with Crippen LogP contribution in [-0.4, -0.2) is 59.4 Å². The lowest BCUT2D eigenvalue weighted by atomic mass is 10.1. The topological polar surface area (TPSA) is 139 Å². The van der Waals surface area contributed by atoms with E-state index in [0.29, 0.717) is 24.2 Å². The fourth-order valence-corrected chi connectivity index (χ4v) is 1.97. The summed E-state index contributed by atoms with van der Waals surface area (Å²) in [6.45, 7) is 4.50. The Labute approximate surface area is 156 Å². The van der Waals surface area contributed by atoms with Crippen LogP contribution in [0, 0.1) is 0 Å². The highest BCUT2D eigenvalue weighted by molar-refractivity contribution is 6.14. The van der Waals surface area contributed by atoms with Crippen molar-refractivity contribution >= 4 is 23.9 Å². The van der Waals surface area contributed by atoms with Gasteiger partial charge in [0.1, 0.15) is 0 Å². The van der Waals surface area contributed by atoms with Crippen LogP contribution in [-0.2, 0) is 19.1 Å². The molecule has 0 saturated carbocycles. The summed E-state index contributed by atoms with van der Waals surface area (Å²) in [5.74, 6) is -1.90. The number of ether oxygens (including phenoxy) is 2. The average molecular weight is 381 g/mol. The third-order valence-corrected chi connectivity index (χ3v) is 3.19. The van der Waals surface area contributed by atoms with Crippen LogP contribution in [0.3, 0.4) is 0 Å². The molecule has 2 aliphatic rings. The molecule has 0 radical (unpaired) electrons. The lowest BCUT2D eigenvalue weighted by Crippen LogP contribution is -2.30. The number of hydrogen-bond donors (Lipinski definition) is 3. The fourth-order valence-electron chi connectivity index (χ4n) is 1.97. The van der Waals surface area contributed by atoms with Gasteiger partial charge in [0.2, 0.25) is 0 Å². The normalized spacial score (nSPS) is 16.9. The summed E-state index contributed by atoms with van der Waals surface area (Å²) in [4.78, 5) is 41.7. The molecule has 2 unspecified atom stereocenters. The minimum absolute atomic E-state index is 0.263. The molecule has 2 heterocycles. The first-order chi connectivity index (χ1) is 12.7. The first kappa shape index (κ1) is 22.4. The summed E-state index contributed by atoms with van der Waals surface area (Å²) in [5, 5.41) is 20.3. The molecule has 3 N–H and O–H groups in total. The van der Waals surface area contributed by atoms with Crippen LogP contribution in [0.25, 0.3) is 0 Å². The van der Waals surface area contributed by atoms with E-state index in [-0.39, 0.29) is 25.0 Å². The minimum Gasteiger partial charge on any atom is -0.393 e. The van der Waals surface area contributed by atoms with Crippen LogP contribution >= 0.6 is 0 Å². The molecule has 1 aromatic rings. The largest absolute Gasteiger partial charge is 0.393 e. The van der Waals surface area contributed by atoms with Gasteiger partial charge in [-0.1, -0.05) is 12.1 Å². The molecule has 0 bridgehead atoms. The van der Waals surface area contributed by atoms with Gasteiger partial charge in [0.25, 0.3) is 0 Å². The van der Waals surface area contributed by atoms with Crippen LogP contribution in [0.1, 0.15) is 47.4 Å². The van der Waals surface area contributed by atoms with Crippen molar-refractivity contribution in [3.05, 3.63) is 35.4 Å². The van der Waals surface area contributed by atoms with Gasteiger partial charge >= 0.3 is 23.9 Å². The van der Waals surface area contributed by atoms with E-state index in [9.17, 15) is 19.2 Å². The Morgan fingerprint density at radius 2 is 1.26 bits per heavy atom. The van der Waals surface area contributed by atoms with Crippen LogP contribution < -0.4 is 5.32 Å². The Balaban J connectivity index is 0.000000208. The molecule has 148 valence electrons. The second-order valence-electron chi connectivity index (χ2n) is 5.92. The summed E-state index contributed by atoms with van der Waals surface area (Å²) >= 11 is 0. The van der Waals surface area contributed by atoms with E-state index in [1.54, 1.807) is 38.1 Å². The molecule has 1 fully saturated rings. The van der Waals surface area contributed by atoms with Crippen molar-refractivity contribution in [2.75, 3.05) is 13.1 Å². The molecule has 27 heavy (non-hydrogen) atoms. The number of hydrogen-bond acceptors (Lipinski definition) is 9. The van der Waals surface area contributed by atoms with E-state index in [1.807, 2.05) is 0 Å². The van der Waals surface area contributed by atoms with Crippen LogP contribution in [0.4, 0.5) is 0 Å². The second-order valence-corrected chi connectivity index (χ2v) is 5.92. The maximum atomic E-state index is 10.8. The third kappa shape index (κ3) is 8.54. The quantitative estimate of drug-likeness (QED) is 0.492. The standard InChI is InChI=1S/C8H4O3.C6H15NO2.C4H4O3/c9-7-5-3-1-2-4-6(5)8(10)11-7;1-5(8)3-7-4-6(2)9;5-3-1-2-4(6)7-3/h1-4H;5-9H,3-4H2,1-2H3;1-2H2. The number of aliphatic hydroxyl groups is 2. The van der Waals surface area contributed by atoms with Crippen molar-refractivity contribution in [1.29, 1.82) is 0 Å². The molecule has 2 atom stereocenters. The summed E-state index contributed by atoms with van der Waals surface area (Å²) in [6, 6.07) is 6.53. The number of nitrogens with one attached hydrogen (secondary N) is 1. The van der Waals surface area contributed by atoms with E-state index in [0.717, 1.165) is 0 Å². The van der Waals surface area contributed by atoms with Crippen molar-refractivity contribution in [3.63, 3.8) is 0 Å². The molecular weight excluding hydrogens is 358 g/mol. The molecule has 9 nitrogen and oxygen atoms in total. The fraction of sp³-hybridized carbons (Fsp3) is 0.444. The average Bonchev–Trinajstić information content (AvgIpc) is 3.11. The van der Waals surface area contributed by atoms with Gasteiger partial charge in [0, 0.05) is 13.1 Å². The van der Waals surface area contributed by atoms with Gasteiger partial charge in [0.05, 0.1) is 36.2 Å². The summed E-state index contributed by atoms with van der Waals surface area (Å²) in [6.07, 6.45) is -0.134. The van der Waals surface area contributed by atoms with Crippen molar-refractivity contribution in [1.82, 2.24) is 5.32 Å². The zero-order chi connectivity index (χ0) is 20.4.